The van der Waals surface area contributed by atoms with Gasteiger partial charge in [-0.1, -0.05) is 0 Å². The summed E-state index contributed by atoms with van der Waals surface area (Å²) in [7, 11) is 0. The van der Waals surface area contributed by atoms with Crippen LogP contribution in [0.25, 0.3) is 0 Å². The fourth-order valence-corrected chi connectivity index (χ4v) is 4.72. The monoisotopic (exact) mass is 308 g/mol. The van der Waals surface area contributed by atoms with Crippen molar-refractivity contribution < 1.29 is 0 Å². The van der Waals surface area contributed by atoms with Gasteiger partial charge in [-0.2, -0.15) is 0 Å². The first kappa shape index (κ1) is 12.6. The van der Waals surface area contributed by atoms with Gasteiger partial charge in [0, 0.05) is 0 Å². The van der Waals surface area contributed by atoms with Gasteiger partial charge in [-0.15, -0.1) is 0 Å². The van der Waals surface area contributed by atoms with E-state index in [1.807, 2.05) is 6.07 Å². The maximum absolute atomic E-state index is 6.08. The molecule has 0 amide bonds. The summed E-state index contributed by atoms with van der Waals surface area (Å²) in [6, 6.07) is 10.5. The Kier molecular flexibility index (Phi) is 4.58. The minimum atomic E-state index is -0.275. The number of hydrogen-bond acceptors (Lipinski definition) is 2. The summed E-state index contributed by atoms with van der Waals surface area (Å²) in [6.45, 7) is 2.10. The molecule has 1 unspecified atom stereocenters. The van der Waals surface area contributed by atoms with E-state index in [2.05, 4.69) is 41.2 Å². The third-order valence-electron chi connectivity index (χ3n) is 2.55. The van der Waals surface area contributed by atoms with Gasteiger partial charge in [-0.25, -0.2) is 0 Å². The minimum absolute atomic E-state index is 0.275. The fraction of sp³-hybridized carbons (Fsp3) is 0.231. The summed E-state index contributed by atoms with van der Waals surface area (Å²) in [4.78, 5) is 8.43. The van der Waals surface area contributed by atoms with Crippen LogP contribution in [0, 0.1) is 0 Å². The molecule has 0 aliphatic rings. The van der Waals surface area contributed by atoms with Crippen LogP contribution in [0.15, 0.2) is 36.7 Å². The molecule has 2 nitrogen and oxygen atoms in total. The summed E-state index contributed by atoms with van der Waals surface area (Å²) >= 11 is 5.81. The van der Waals surface area contributed by atoms with Gasteiger partial charge in [-0.05, 0) is 0 Å². The summed E-state index contributed by atoms with van der Waals surface area (Å²) in [5, 5.41) is 1.73. The van der Waals surface area contributed by atoms with Crippen LogP contribution < -0.4 is 4.48 Å². The third-order valence-corrected chi connectivity index (χ3v) is 5.71. The Morgan fingerprint density at radius 2 is 1.94 bits per heavy atom. The van der Waals surface area contributed by atoms with Crippen molar-refractivity contribution in [3.05, 3.63) is 52.9 Å². The normalized spacial score (nSPS) is 11.2. The van der Waals surface area contributed by atoms with Crippen LogP contribution in [0.2, 0.25) is 5.15 Å². The zero-order valence-electron chi connectivity index (χ0n) is 9.65. The molecule has 0 saturated heterocycles. The summed E-state index contributed by atoms with van der Waals surface area (Å²) < 4.78 is 1.19. The van der Waals surface area contributed by atoms with Gasteiger partial charge >= 0.3 is 113 Å². The number of halogens is 1. The van der Waals surface area contributed by atoms with Gasteiger partial charge in [0.15, 0.2) is 0 Å². The van der Waals surface area contributed by atoms with Crippen molar-refractivity contribution in [2.24, 2.45) is 0 Å². The van der Waals surface area contributed by atoms with Crippen LogP contribution in [0.4, 0.5) is 0 Å². The van der Waals surface area contributed by atoms with Crippen molar-refractivity contribution in [3.63, 3.8) is 0 Å². The standard InChI is InChI=1S/C13H14AsClN2/c1-2-11-12(16-9-17-13(11)15)14-8-10-6-4-3-5-7-10/h3-7,9,14H,2,8H2,1H3. The molecule has 4 heteroatoms. The Morgan fingerprint density at radius 1 is 1.18 bits per heavy atom. The Balaban J connectivity index is 2.12. The second kappa shape index (κ2) is 6.18. The first-order valence-electron chi connectivity index (χ1n) is 5.58. The van der Waals surface area contributed by atoms with E-state index in [0.717, 1.165) is 17.2 Å². The molecule has 1 atom stereocenters. The summed E-state index contributed by atoms with van der Waals surface area (Å²) in [5.74, 6) is 0. The van der Waals surface area contributed by atoms with Crippen LogP contribution >= 0.6 is 11.6 Å². The second-order valence-corrected chi connectivity index (χ2v) is 6.52. The molecule has 0 bridgehead atoms. The number of hydrogen-bond donors (Lipinski definition) is 0. The molecule has 1 aromatic carbocycles. The summed E-state index contributed by atoms with van der Waals surface area (Å²) in [6.07, 6.45) is 2.48. The van der Waals surface area contributed by atoms with Gasteiger partial charge in [0.1, 0.15) is 0 Å². The first-order chi connectivity index (χ1) is 8.31. The van der Waals surface area contributed by atoms with E-state index >= 15 is 0 Å². The molecule has 17 heavy (non-hydrogen) atoms. The predicted octanol–water partition coefficient (Wildman–Crippen LogP) is 1.95. The van der Waals surface area contributed by atoms with Crippen molar-refractivity contribution in [2.75, 3.05) is 0 Å². The van der Waals surface area contributed by atoms with E-state index in [9.17, 15) is 0 Å². The Bertz CT molecular complexity index is 488. The van der Waals surface area contributed by atoms with Crippen LogP contribution in [-0.4, -0.2) is 25.7 Å². The van der Waals surface area contributed by atoms with Crippen molar-refractivity contribution >= 4 is 31.8 Å². The van der Waals surface area contributed by atoms with Crippen molar-refractivity contribution in [1.82, 2.24) is 9.97 Å². The molecule has 88 valence electrons. The second-order valence-electron chi connectivity index (χ2n) is 3.68. The average Bonchev–Trinajstić information content (AvgIpc) is 2.37. The molecule has 0 aliphatic carbocycles. The SMILES string of the molecule is CCc1c(Cl)ncnc1[AsH]Cc1ccccc1. The molecule has 2 rings (SSSR count). The molecule has 0 N–H and O–H groups in total. The molecule has 0 fully saturated rings. The van der Waals surface area contributed by atoms with Crippen LogP contribution in [0.3, 0.4) is 0 Å². The van der Waals surface area contributed by atoms with Crippen LogP contribution in [0.1, 0.15) is 18.1 Å². The van der Waals surface area contributed by atoms with Crippen molar-refractivity contribution in [1.29, 1.82) is 0 Å². The summed E-state index contributed by atoms with van der Waals surface area (Å²) in [5.41, 5.74) is 2.51. The number of nitrogens with zero attached hydrogens (tertiary/aromatic N) is 2. The number of rotatable bonds is 4. The third kappa shape index (κ3) is 3.31. The molecule has 1 aromatic heterocycles. The van der Waals surface area contributed by atoms with Gasteiger partial charge in [0.25, 0.3) is 0 Å². The van der Waals surface area contributed by atoms with Crippen molar-refractivity contribution in [2.45, 2.75) is 18.6 Å². The quantitative estimate of drug-likeness (QED) is 0.637. The Morgan fingerprint density at radius 3 is 2.65 bits per heavy atom. The zero-order valence-corrected chi connectivity index (χ0v) is 12.5. The molecular weight excluding hydrogens is 295 g/mol. The van der Waals surface area contributed by atoms with Gasteiger partial charge in [0.05, 0.1) is 0 Å². The molecule has 1 heterocycles. The average molecular weight is 309 g/mol. The zero-order chi connectivity index (χ0) is 12.1. The van der Waals surface area contributed by atoms with Gasteiger partial charge in [-0.3, -0.25) is 0 Å². The molecule has 0 aliphatic heterocycles. The van der Waals surface area contributed by atoms with E-state index in [-0.39, 0.29) is 15.8 Å². The predicted molar refractivity (Wildman–Crippen MR) is 73.3 cm³/mol. The van der Waals surface area contributed by atoms with Crippen molar-refractivity contribution in [3.8, 4) is 0 Å². The van der Waals surface area contributed by atoms with Crippen LogP contribution in [0.5, 0.6) is 0 Å². The van der Waals surface area contributed by atoms with E-state index in [0.29, 0.717) is 5.15 Å². The Hall–Kier alpha value is -0.852. The van der Waals surface area contributed by atoms with E-state index in [1.165, 1.54) is 10.0 Å². The topological polar surface area (TPSA) is 25.8 Å². The van der Waals surface area contributed by atoms with Gasteiger partial charge in [0.2, 0.25) is 0 Å². The van der Waals surface area contributed by atoms with E-state index in [1.54, 1.807) is 6.33 Å². The molecular formula is C13H14AsClN2. The first-order valence-corrected chi connectivity index (χ1v) is 8.49. The molecule has 0 radical (unpaired) electrons. The molecule has 0 saturated carbocycles. The van der Waals surface area contributed by atoms with Gasteiger partial charge < -0.3 is 0 Å². The fourth-order valence-electron chi connectivity index (χ4n) is 1.64. The molecule has 0 spiro atoms. The maximum atomic E-state index is 6.08. The van der Waals surface area contributed by atoms with E-state index < -0.39 is 0 Å². The van der Waals surface area contributed by atoms with E-state index in [4.69, 9.17) is 11.6 Å². The number of benzene rings is 1. The molecule has 2 aromatic rings. The number of aromatic nitrogens is 2. The van der Waals surface area contributed by atoms with Crippen LogP contribution in [-0.2, 0) is 11.6 Å². The Labute approximate surface area is 113 Å².